The van der Waals surface area contributed by atoms with E-state index in [-0.39, 0.29) is 6.10 Å². The van der Waals surface area contributed by atoms with Gasteiger partial charge in [0.2, 0.25) is 0 Å². The number of aliphatic imine (C=N–C) groups is 1. The van der Waals surface area contributed by atoms with E-state index in [1.54, 1.807) is 18.4 Å². The van der Waals surface area contributed by atoms with Crippen molar-refractivity contribution in [2.75, 3.05) is 27.2 Å². The first-order valence-electron chi connectivity index (χ1n) is 9.60. The summed E-state index contributed by atoms with van der Waals surface area (Å²) in [5.41, 5.74) is 1.07. The molecule has 2 rings (SSSR count). The van der Waals surface area contributed by atoms with Crippen LogP contribution in [0.1, 0.15) is 69.2 Å². The Morgan fingerprint density at radius 3 is 2.88 bits per heavy atom. The summed E-state index contributed by atoms with van der Waals surface area (Å²) in [6.07, 6.45) is 8.28. The Morgan fingerprint density at radius 2 is 2.20 bits per heavy atom. The molecule has 1 heterocycles. The molecule has 0 saturated heterocycles. The summed E-state index contributed by atoms with van der Waals surface area (Å²) in [5, 5.41) is 6.56. The van der Waals surface area contributed by atoms with E-state index in [2.05, 4.69) is 34.6 Å². The number of ether oxygens (including phenoxy) is 1. The molecule has 142 valence electrons. The maximum Gasteiger partial charge on any atom is 0.194 e. The van der Waals surface area contributed by atoms with Gasteiger partial charge in [0.05, 0.1) is 12.2 Å². The number of nitrogens with zero attached hydrogens (tertiary/aromatic N) is 3. The van der Waals surface area contributed by atoms with Crippen LogP contribution < -0.4 is 5.32 Å². The van der Waals surface area contributed by atoms with Gasteiger partial charge in [-0.15, -0.1) is 11.3 Å². The largest absolute Gasteiger partial charge is 0.375 e. The standard InChI is InChI=1S/C19H34N4OS/c1-5-20-19(21-12-11-16-9-7-6-8-10-16)23(3)13-17-14-25-18(22-17)15(2)24-4/h14-16H,5-13H2,1-4H3,(H,20,21). The fourth-order valence-electron chi connectivity index (χ4n) is 3.30. The van der Waals surface area contributed by atoms with Gasteiger partial charge in [-0.1, -0.05) is 32.1 Å². The average molecular weight is 367 g/mol. The third-order valence-electron chi connectivity index (χ3n) is 4.89. The van der Waals surface area contributed by atoms with Gasteiger partial charge in [0.15, 0.2) is 5.96 Å². The quantitative estimate of drug-likeness (QED) is 0.553. The van der Waals surface area contributed by atoms with Gasteiger partial charge >= 0.3 is 0 Å². The minimum absolute atomic E-state index is 0.0569. The van der Waals surface area contributed by atoms with Crippen LogP contribution in [0.15, 0.2) is 10.4 Å². The van der Waals surface area contributed by atoms with Gasteiger partial charge in [-0.3, -0.25) is 4.99 Å². The summed E-state index contributed by atoms with van der Waals surface area (Å²) in [4.78, 5) is 11.7. The van der Waals surface area contributed by atoms with Crippen molar-refractivity contribution in [3.05, 3.63) is 16.1 Å². The molecule has 1 N–H and O–H groups in total. The number of hydrogen-bond donors (Lipinski definition) is 1. The second kappa shape index (κ2) is 10.8. The molecule has 1 aliphatic carbocycles. The summed E-state index contributed by atoms with van der Waals surface area (Å²) in [5.74, 6) is 1.86. The zero-order valence-corrected chi connectivity index (χ0v) is 17.1. The van der Waals surface area contributed by atoms with Gasteiger partial charge in [0.25, 0.3) is 0 Å². The number of guanidine groups is 1. The van der Waals surface area contributed by atoms with E-state index < -0.39 is 0 Å². The molecule has 0 aromatic carbocycles. The predicted molar refractivity (Wildman–Crippen MR) is 106 cm³/mol. The molecule has 0 aliphatic heterocycles. The van der Waals surface area contributed by atoms with Gasteiger partial charge in [0, 0.05) is 32.6 Å². The number of aromatic nitrogens is 1. The smallest absolute Gasteiger partial charge is 0.194 e. The van der Waals surface area contributed by atoms with Crippen molar-refractivity contribution in [1.29, 1.82) is 0 Å². The van der Waals surface area contributed by atoms with Crippen molar-refractivity contribution in [1.82, 2.24) is 15.2 Å². The molecule has 1 saturated carbocycles. The van der Waals surface area contributed by atoms with Crippen molar-refractivity contribution < 1.29 is 4.74 Å². The Morgan fingerprint density at radius 1 is 1.44 bits per heavy atom. The van der Waals surface area contributed by atoms with E-state index in [0.29, 0.717) is 0 Å². The fraction of sp³-hybridized carbons (Fsp3) is 0.789. The van der Waals surface area contributed by atoms with E-state index in [4.69, 9.17) is 9.73 Å². The van der Waals surface area contributed by atoms with E-state index in [1.807, 2.05) is 6.92 Å². The van der Waals surface area contributed by atoms with Crippen LogP contribution in [0.3, 0.4) is 0 Å². The van der Waals surface area contributed by atoms with Crippen LogP contribution in [0.2, 0.25) is 0 Å². The van der Waals surface area contributed by atoms with Gasteiger partial charge in [-0.05, 0) is 26.2 Å². The Labute approximate surface area is 156 Å². The minimum Gasteiger partial charge on any atom is -0.375 e. The molecule has 1 unspecified atom stereocenters. The summed E-state index contributed by atoms with van der Waals surface area (Å²) in [6.45, 7) is 6.72. The highest BCUT2D eigenvalue weighted by atomic mass is 32.1. The SMILES string of the molecule is CCNC(=NCCC1CCCCC1)N(C)Cc1csc(C(C)OC)n1. The Bertz CT molecular complexity index is 525. The number of thiazole rings is 1. The minimum atomic E-state index is 0.0569. The highest BCUT2D eigenvalue weighted by molar-refractivity contribution is 7.09. The van der Waals surface area contributed by atoms with Gasteiger partial charge in [-0.2, -0.15) is 0 Å². The van der Waals surface area contributed by atoms with Crippen LogP contribution in [0.25, 0.3) is 0 Å². The van der Waals surface area contributed by atoms with Crippen LogP contribution in [0, 0.1) is 5.92 Å². The first kappa shape index (κ1) is 20.2. The van der Waals surface area contributed by atoms with Gasteiger partial charge in [0.1, 0.15) is 11.1 Å². The first-order valence-corrected chi connectivity index (χ1v) is 10.5. The molecule has 1 aliphatic rings. The Kier molecular flexibility index (Phi) is 8.68. The van der Waals surface area contributed by atoms with Crippen LogP contribution in [0.5, 0.6) is 0 Å². The molecule has 1 aromatic heterocycles. The van der Waals surface area contributed by atoms with Crippen molar-refractivity contribution in [3.8, 4) is 0 Å². The highest BCUT2D eigenvalue weighted by Crippen LogP contribution is 2.26. The number of hydrogen-bond acceptors (Lipinski definition) is 4. The Hall–Kier alpha value is -1.14. The molecule has 0 bridgehead atoms. The van der Waals surface area contributed by atoms with Crippen molar-refractivity contribution in [2.45, 2.75) is 65.0 Å². The normalized spacial score (nSPS) is 17.5. The molecular formula is C19H34N4OS. The lowest BCUT2D eigenvalue weighted by molar-refractivity contribution is 0.119. The molecule has 1 atom stereocenters. The maximum atomic E-state index is 5.35. The van der Waals surface area contributed by atoms with Crippen LogP contribution in [-0.4, -0.2) is 43.1 Å². The molecule has 5 nitrogen and oxygen atoms in total. The number of nitrogens with one attached hydrogen (secondary N) is 1. The molecule has 0 radical (unpaired) electrons. The second-order valence-electron chi connectivity index (χ2n) is 6.94. The van der Waals surface area contributed by atoms with E-state index in [1.165, 1.54) is 38.5 Å². The van der Waals surface area contributed by atoms with Crippen molar-refractivity contribution >= 4 is 17.3 Å². The molecule has 25 heavy (non-hydrogen) atoms. The monoisotopic (exact) mass is 366 g/mol. The summed E-state index contributed by atoms with van der Waals surface area (Å²) in [6, 6.07) is 0. The lowest BCUT2D eigenvalue weighted by Crippen LogP contribution is -2.38. The van der Waals surface area contributed by atoms with Gasteiger partial charge < -0.3 is 15.0 Å². The number of methoxy groups -OCH3 is 1. The second-order valence-corrected chi connectivity index (χ2v) is 7.83. The van der Waals surface area contributed by atoms with Crippen LogP contribution in [-0.2, 0) is 11.3 Å². The molecule has 1 aromatic rings. The lowest BCUT2D eigenvalue weighted by atomic mass is 9.87. The molecule has 1 fully saturated rings. The van der Waals surface area contributed by atoms with Gasteiger partial charge in [-0.25, -0.2) is 4.98 Å². The highest BCUT2D eigenvalue weighted by Gasteiger charge is 2.14. The third-order valence-corrected chi connectivity index (χ3v) is 5.94. The Balaban J connectivity index is 1.88. The van der Waals surface area contributed by atoms with Crippen LogP contribution >= 0.6 is 11.3 Å². The number of rotatable bonds is 8. The summed E-state index contributed by atoms with van der Waals surface area (Å²) in [7, 11) is 3.81. The summed E-state index contributed by atoms with van der Waals surface area (Å²) < 4.78 is 5.35. The summed E-state index contributed by atoms with van der Waals surface area (Å²) >= 11 is 1.66. The maximum absolute atomic E-state index is 5.35. The van der Waals surface area contributed by atoms with Crippen molar-refractivity contribution in [3.63, 3.8) is 0 Å². The van der Waals surface area contributed by atoms with Crippen LogP contribution in [0.4, 0.5) is 0 Å². The molecular weight excluding hydrogens is 332 g/mol. The fourth-order valence-corrected chi connectivity index (χ4v) is 4.14. The van der Waals surface area contributed by atoms with Crippen molar-refractivity contribution in [2.24, 2.45) is 10.9 Å². The zero-order chi connectivity index (χ0) is 18.1. The lowest BCUT2D eigenvalue weighted by Gasteiger charge is -2.23. The average Bonchev–Trinajstić information content (AvgIpc) is 3.09. The van der Waals surface area contributed by atoms with E-state index >= 15 is 0 Å². The molecule has 0 amide bonds. The topological polar surface area (TPSA) is 49.8 Å². The predicted octanol–water partition coefficient (Wildman–Crippen LogP) is 4.22. The zero-order valence-electron chi connectivity index (χ0n) is 16.3. The molecule has 0 spiro atoms. The third kappa shape index (κ3) is 6.59. The molecule has 6 heteroatoms. The van der Waals surface area contributed by atoms with E-state index in [0.717, 1.165) is 42.2 Å². The van der Waals surface area contributed by atoms with E-state index in [9.17, 15) is 0 Å². The first-order chi connectivity index (χ1) is 12.1.